The Bertz CT molecular complexity index is 2620. The summed E-state index contributed by atoms with van der Waals surface area (Å²) in [6, 6.07) is 19.9. The molecule has 4 aromatic carbocycles. The van der Waals surface area contributed by atoms with Gasteiger partial charge in [0.25, 0.3) is 0 Å². The third kappa shape index (κ3) is 16.5. The zero-order valence-electron chi connectivity index (χ0n) is 42.7. The Morgan fingerprint density at radius 3 is 1.32 bits per heavy atom. The molecule has 14 nitrogen and oxygen atoms in total. The lowest BCUT2D eigenvalue weighted by Gasteiger charge is -2.22. The molecule has 0 aromatic heterocycles. The number of cyclic esters (lactones) is 2. The molecule has 2 aliphatic rings. The molecule has 6 rings (SSSR count). The Labute approximate surface area is 422 Å². The van der Waals surface area contributed by atoms with Gasteiger partial charge in [-0.1, -0.05) is 106 Å². The largest absolute Gasteiger partial charge is 0.496 e. The van der Waals surface area contributed by atoms with Gasteiger partial charge in [0.15, 0.2) is 0 Å². The van der Waals surface area contributed by atoms with Crippen molar-refractivity contribution in [2.75, 3.05) is 39.8 Å². The average Bonchev–Trinajstić information content (AvgIpc) is 3.85. The van der Waals surface area contributed by atoms with Crippen LogP contribution in [0.1, 0.15) is 75.4 Å². The standard InChI is InChI=1S/C32H39O7PSi.C20H31O7PSi.CH4/c1-23(22-40(34,38-25-13-9-7-10-14-25)39-26-15-11-8-12-16-26)17-18-27-30(35-3)24(2)28-21-37-32(33)29(28)31(27)36-19-20-41(4,5)6;1-13(12-28(22,23)24)7-8-15-18(25-3)14(2)16-11-27-20(21)17(16)19(15)26-9-10-29(4,5)6;/h7-17H,18-22H2,1-6H3;7H,8-12H2,1-6H3,(H2,22,23,24);1H4/b23-17+;13-7+;. The van der Waals surface area contributed by atoms with Crippen LogP contribution in [0.25, 0.3) is 0 Å². The highest BCUT2D eigenvalue weighted by Gasteiger charge is 2.36. The van der Waals surface area contributed by atoms with E-state index in [1.807, 2.05) is 63.2 Å². The van der Waals surface area contributed by atoms with E-state index in [0.29, 0.717) is 82.8 Å². The van der Waals surface area contributed by atoms with Crippen molar-refractivity contribution in [2.24, 2.45) is 0 Å². The minimum absolute atomic E-state index is 0. The van der Waals surface area contributed by atoms with Crippen LogP contribution >= 0.6 is 15.2 Å². The van der Waals surface area contributed by atoms with Gasteiger partial charge in [0.1, 0.15) is 58.8 Å². The molecule has 4 aromatic rings. The molecule has 71 heavy (non-hydrogen) atoms. The number of fused-ring (bicyclic) bond motifs is 2. The van der Waals surface area contributed by atoms with E-state index in [9.17, 15) is 28.5 Å². The average molecular weight is 1050 g/mol. The monoisotopic (exact) mass is 1050 g/mol. The van der Waals surface area contributed by atoms with Gasteiger partial charge < -0.3 is 47.3 Å². The molecule has 0 aliphatic carbocycles. The molecule has 0 bridgehead atoms. The Morgan fingerprint density at radius 2 is 0.986 bits per heavy atom. The normalized spacial score (nSPS) is 13.7. The fourth-order valence-corrected chi connectivity index (χ4v) is 11.9. The molecule has 0 unspecified atom stereocenters. The second-order valence-electron chi connectivity index (χ2n) is 20.0. The van der Waals surface area contributed by atoms with Crippen LogP contribution in [0, 0.1) is 13.8 Å². The van der Waals surface area contributed by atoms with E-state index in [4.69, 9.17) is 37.5 Å². The Balaban J connectivity index is 0.000000323. The summed E-state index contributed by atoms with van der Waals surface area (Å²) in [5.41, 5.74) is 7.00. The molecule has 0 saturated heterocycles. The molecule has 2 aliphatic heterocycles. The molecular formula is C53H74O14P2Si2. The zero-order chi connectivity index (χ0) is 51.6. The summed E-state index contributed by atoms with van der Waals surface area (Å²) in [5.74, 6) is 2.39. The molecule has 0 amide bonds. The first-order valence-electron chi connectivity index (χ1n) is 23.3. The van der Waals surface area contributed by atoms with E-state index in [0.717, 1.165) is 45.5 Å². The van der Waals surface area contributed by atoms with Crippen LogP contribution in [0.15, 0.2) is 84.0 Å². The summed E-state index contributed by atoms with van der Waals surface area (Å²) in [7, 11) is -7.31. The van der Waals surface area contributed by atoms with Gasteiger partial charge in [-0.15, -0.1) is 0 Å². The van der Waals surface area contributed by atoms with Crippen LogP contribution in [-0.2, 0) is 44.7 Å². The number of hydrogen-bond donors (Lipinski definition) is 2. The third-order valence-electron chi connectivity index (χ3n) is 11.6. The van der Waals surface area contributed by atoms with Gasteiger partial charge in [-0.3, -0.25) is 4.57 Å². The van der Waals surface area contributed by atoms with E-state index >= 15 is 0 Å². The van der Waals surface area contributed by atoms with Gasteiger partial charge in [-0.05, 0) is 88.0 Å². The molecule has 0 atom stereocenters. The molecule has 388 valence electrons. The fourth-order valence-electron chi connectivity index (χ4n) is 7.94. The predicted octanol–water partition coefficient (Wildman–Crippen LogP) is 12.9. The minimum Gasteiger partial charge on any atom is -0.496 e. The quantitative estimate of drug-likeness (QED) is 0.0328. The molecule has 0 spiro atoms. The van der Waals surface area contributed by atoms with Gasteiger partial charge in [-0.25, -0.2) is 14.2 Å². The Morgan fingerprint density at radius 1 is 0.620 bits per heavy atom. The van der Waals surface area contributed by atoms with E-state index in [1.165, 1.54) is 0 Å². The molecule has 0 radical (unpaired) electrons. The number of rotatable bonds is 22. The first-order chi connectivity index (χ1) is 32.8. The number of methoxy groups -OCH3 is 2. The van der Waals surface area contributed by atoms with Gasteiger partial charge in [0.05, 0.1) is 39.8 Å². The van der Waals surface area contributed by atoms with Crippen LogP contribution in [0.5, 0.6) is 34.5 Å². The number of carbonyl (C=O) groups is 2. The van der Waals surface area contributed by atoms with E-state index in [2.05, 4.69) is 39.3 Å². The molecule has 2 N–H and O–H groups in total. The van der Waals surface area contributed by atoms with Gasteiger partial charge in [0.2, 0.25) is 0 Å². The summed E-state index contributed by atoms with van der Waals surface area (Å²) in [4.78, 5) is 43.6. The molecular weight excluding hydrogens is 979 g/mol. The van der Waals surface area contributed by atoms with Crippen molar-refractivity contribution in [3.8, 4) is 34.5 Å². The summed E-state index contributed by atoms with van der Waals surface area (Å²) >= 11 is 0. The van der Waals surface area contributed by atoms with Crippen molar-refractivity contribution in [2.45, 2.75) is 113 Å². The molecule has 2 heterocycles. The van der Waals surface area contributed by atoms with Crippen molar-refractivity contribution in [1.29, 1.82) is 0 Å². The number of para-hydroxylation sites is 2. The first-order valence-corrected chi connectivity index (χ1v) is 34.3. The summed E-state index contributed by atoms with van der Waals surface area (Å²) in [5, 5.41) is 0. The Kier molecular flexibility index (Phi) is 20.6. The second kappa shape index (κ2) is 25.0. The number of hydrogen-bond acceptors (Lipinski definition) is 12. The number of carbonyl (C=O) groups excluding carboxylic acids is 2. The van der Waals surface area contributed by atoms with Crippen molar-refractivity contribution >= 4 is 43.3 Å². The third-order valence-corrected chi connectivity index (χ3v) is 17.8. The molecule has 0 fully saturated rings. The SMILES string of the molecule is C.COc1c(C)c2c(c(OCC[Si](C)(C)C)c1C/C=C(\C)CP(=O)(O)O)C(=O)OC2.COc1c(C)c2c(c(OCC[Si](C)(C)C)c1C/C=C(\C)CP(=O)(Oc1ccccc1)Oc1ccccc1)C(=O)OC2. The van der Waals surface area contributed by atoms with Crippen LogP contribution in [0.3, 0.4) is 0 Å². The lowest BCUT2D eigenvalue weighted by Crippen LogP contribution is -2.23. The van der Waals surface area contributed by atoms with E-state index in [-0.39, 0.29) is 38.9 Å². The number of esters is 2. The van der Waals surface area contributed by atoms with Crippen molar-refractivity contribution in [3.05, 3.63) is 128 Å². The van der Waals surface area contributed by atoms with Crippen LogP contribution in [-0.4, -0.2) is 77.6 Å². The lowest BCUT2D eigenvalue weighted by molar-refractivity contribution is 0.0522. The maximum absolute atomic E-state index is 14.1. The minimum atomic E-state index is -4.14. The maximum Gasteiger partial charge on any atom is 0.434 e. The van der Waals surface area contributed by atoms with Gasteiger partial charge in [-0.2, -0.15) is 0 Å². The highest BCUT2D eigenvalue weighted by atomic mass is 31.2. The van der Waals surface area contributed by atoms with E-state index < -0.39 is 37.3 Å². The summed E-state index contributed by atoms with van der Waals surface area (Å²) in [6.45, 7) is 22.3. The number of ether oxygens (including phenoxy) is 6. The smallest absolute Gasteiger partial charge is 0.434 e. The van der Waals surface area contributed by atoms with Crippen LogP contribution < -0.4 is 28.0 Å². The number of allylic oxidation sites excluding steroid dienone is 4. The highest BCUT2D eigenvalue weighted by molar-refractivity contribution is 7.55. The van der Waals surface area contributed by atoms with Crippen molar-refractivity contribution in [3.63, 3.8) is 0 Å². The predicted molar refractivity (Wildman–Crippen MR) is 286 cm³/mol. The molecule has 18 heteroatoms. The second-order valence-corrected chi connectivity index (χ2v) is 34.8. The van der Waals surface area contributed by atoms with E-state index in [1.54, 1.807) is 51.5 Å². The zero-order valence-corrected chi connectivity index (χ0v) is 46.5. The fraction of sp³-hybridized carbons (Fsp3) is 0.434. The van der Waals surface area contributed by atoms with Gasteiger partial charge >= 0.3 is 27.1 Å². The topological polar surface area (TPSA) is 183 Å². The Hall–Kier alpha value is -5.09. The lowest BCUT2D eigenvalue weighted by atomic mass is 9.95. The van der Waals surface area contributed by atoms with Crippen molar-refractivity contribution in [1.82, 2.24) is 0 Å². The van der Waals surface area contributed by atoms with Gasteiger partial charge in [0, 0.05) is 38.4 Å². The van der Waals surface area contributed by atoms with Crippen LogP contribution in [0.4, 0.5) is 0 Å². The van der Waals surface area contributed by atoms with Crippen molar-refractivity contribution < 1.29 is 66.0 Å². The maximum atomic E-state index is 14.1. The first kappa shape index (κ1) is 58.5. The highest BCUT2D eigenvalue weighted by Crippen LogP contribution is 2.50. The summed E-state index contributed by atoms with van der Waals surface area (Å²) < 4.78 is 71.9. The molecule has 0 saturated carbocycles. The van der Waals surface area contributed by atoms with Crippen LogP contribution in [0.2, 0.25) is 51.4 Å². The summed E-state index contributed by atoms with van der Waals surface area (Å²) in [6.07, 6.45) is 4.19. The number of benzene rings is 4.